The highest BCUT2D eigenvalue weighted by molar-refractivity contribution is 5.92. The minimum absolute atomic E-state index is 0.0365. The summed E-state index contributed by atoms with van der Waals surface area (Å²) in [6.07, 6.45) is 7.62. The molecular weight excluding hydrogens is 580 g/mol. The van der Waals surface area contributed by atoms with Gasteiger partial charge in [0.1, 0.15) is 11.9 Å². The van der Waals surface area contributed by atoms with Crippen LogP contribution in [0.15, 0.2) is 11.1 Å². The number of esters is 1. The summed E-state index contributed by atoms with van der Waals surface area (Å²) in [5.74, 6) is -0.275. The molecule has 0 aromatic heterocycles. The number of nitrogens with one attached hydrogen (secondary N) is 1. The van der Waals surface area contributed by atoms with Crippen LogP contribution in [0.25, 0.3) is 0 Å². The van der Waals surface area contributed by atoms with Crippen LogP contribution >= 0.6 is 0 Å². The van der Waals surface area contributed by atoms with Crippen LogP contribution in [0.3, 0.4) is 0 Å². The minimum atomic E-state index is -1.16. The molecule has 5 rings (SSSR count). The van der Waals surface area contributed by atoms with E-state index in [2.05, 4.69) is 53.8 Å². The fraction of sp³-hybridized carbons (Fsp3) is 0.842. The number of amides is 2. The van der Waals surface area contributed by atoms with E-state index in [-0.39, 0.29) is 57.8 Å². The van der Waals surface area contributed by atoms with Crippen molar-refractivity contribution in [3.63, 3.8) is 0 Å². The van der Waals surface area contributed by atoms with Gasteiger partial charge < -0.3 is 20.1 Å². The van der Waals surface area contributed by atoms with E-state index in [1.54, 1.807) is 32.8 Å². The second kappa shape index (κ2) is 11.1. The fourth-order valence-electron chi connectivity index (χ4n) is 11.8. The number of aliphatic carboxylic acids is 1. The van der Waals surface area contributed by atoms with E-state index < -0.39 is 22.9 Å². The molecule has 0 aromatic carbocycles. The van der Waals surface area contributed by atoms with Gasteiger partial charge in [0.05, 0.1) is 17.4 Å². The number of Topliss-reactive ketones (excluding diaryl/α,β-unsaturated/α-hetero) is 1. The molecule has 0 radical (unpaired) electrons. The van der Waals surface area contributed by atoms with Crippen LogP contribution in [0.1, 0.15) is 127 Å². The smallest absolute Gasteiger partial charge is 0.317 e. The number of allylic oxidation sites excluding steroid dienone is 1. The van der Waals surface area contributed by atoms with E-state index >= 15 is 0 Å². The lowest BCUT2D eigenvalue weighted by atomic mass is 9.34. The lowest BCUT2D eigenvalue weighted by molar-refractivity contribution is -0.214. The number of hydrogen-bond acceptors (Lipinski definition) is 5. The lowest BCUT2D eigenvalue weighted by Gasteiger charge is -2.70. The lowest BCUT2D eigenvalue weighted by Crippen LogP contribution is -2.65. The summed E-state index contributed by atoms with van der Waals surface area (Å²) < 4.78 is 6.13. The molecule has 0 bridgehead atoms. The van der Waals surface area contributed by atoms with Crippen LogP contribution in [-0.4, -0.2) is 59.5 Å². The highest BCUT2D eigenvalue weighted by Crippen LogP contribution is 2.75. The van der Waals surface area contributed by atoms with Gasteiger partial charge in [-0.2, -0.15) is 0 Å². The van der Waals surface area contributed by atoms with Crippen molar-refractivity contribution in [1.82, 2.24) is 10.2 Å². The highest BCUT2D eigenvalue weighted by Gasteiger charge is 2.69. The Hall–Kier alpha value is -2.38. The first kappa shape index (κ1) is 34.9. The second-order valence-electron chi connectivity index (χ2n) is 18.3. The number of carbonyl (C=O) groups is 4. The maximum Gasteiger partial charge on any atom is 0.317 e. The summed E-state index contributed by atoms with van der Waals surface area (Å²) in [4.78, 5) is 53.1. The van der Waals surface area contributed by atoms with E-state index in [4.69, 9.17) is 4.74 Å². The standard InChI is InChI=1S/C38H60N2O6/c1-22(2)29-24(41)20-38(39-32(45)40(10)11)19-18-36(8)23(30(29)38)12-13-26-35(7)16-15-27(46-28(42)21-33(3,4)31(43)44)34(5,6)25(35)14-17-37(26,36)9/h22,25-27,29H,12-21H2,1-11H3,(H,39,45)(H,43,44)/t25?,26?,27-,29?,35-,36+,37+,38+/m0/s1. The zero-order valence-electron chi connectivity index (χ0n) is 30.4. The Bertz CT molecular complexity index is 1350. The van der Waals surface area contributed by atoms with Gasteiger partial charge in [-0.05, 0) is 105 Å². The number of rotatable bonds is 6. The van der Waals surface area contributed by atoms with E-state index in [0.717, 1.165) is 51.4 Å². The molecule has 5 aliphatic rings. The number of ketones is 1. The van der Waals surface area contributed by atoms with Crippen molar-refractivity contribution in [1.29, 1.82) is 0 Å². The molecule has 8 atom stereocenters. The van der Waals surface area contributed by atoms with Crippen LogP contribution in [0.4, 0.5) is 4.79 Å². The van der Waals surface area contributed by atoms with Crippen molar-refractivity contribution in [2.24, 2.45) is 50.7 Å². The Morgan fingerprint density at radius 3 is 2.22 bits per heavy atom. The van der Waals surface area contributed by atoms with Gasteiger partial charge in [0.2, 0.25) is 0 Å². The van der Waals surface area contributed by atoms with E-state index in [9.17, 15) is 24.3 Å². The number of hydrogen-bond donors (Lipinski definition) is 2. The maximum absolute atomic E-state index is 13.7. The number of fused-ring (bicyclic) bond motifs is 6. The van der Waals surface area contributed by atoms with Crippen LogP contribution in [0.5, 0.6) is 0 Å². The minimum Gasteiger partial charge on any atom is -0.481 e. The van der Waals surface area contributed by atoms with Crippen molar-refractivity contribution in [3.05, 3.63) is 11.1 Å². The third-order valence-electron chi connectivity index (χ3n) is 14.5. The van der Waals surface area contributed by atoms with Crippen molar-refractivity contribution < 1.29 is 29.0 Å². The molecule has 0 heterocycles. The Morgan fingerprint density at radius 1 is 0.978 bits per heavy atom. The van der Waals surface area contributed by atoms with Gasteiger partial charge >= 0.3 is 18.0 Å². The van der Waals surface area contributed by atoms with Gasteiger partial charge in [-0.1, -0.05) is 54.0 Å². The SMILES string of the molecule is CC(C)C1C(=O)C[C@]2(NC(=O)N(C)C)CC[C@]3(C)C(=C12)CCC1[C@@]2(C)CC[C@H](OC(=O)CC(C)(C)C(=O)O)C(C)(C)C2CC[C@]13C. The summed E-state index contributed by atoms with van der Waals surface area (Å²) >= 11 is 0. The normalized spacial score (nSPS) is 40.0. The first-order valence-corrected chi connectivity index (χ1v) is 17.8. The van der Waals surface area contributed by atoms with E-state index in [0.29, 0.717) is 18.3 Å². The Balaban J connectivity index is 1.49. The van der Waals surface area contributed by atoms with Gasteiger partial charge in [-0.15, -0.1) is 0 Å². The van der Waals surface area contributed by atoms with Crippen molar-refractivity contribution >= 4 is 23.8 Å². The number of urea groups is 1. The van der Waals surface area contributed by atoms with Gasteiger partial charge in [0.25, 0.3) is 0 Å². The molecular formula is C38H60N2O6. The molecule has 46 heavy (non-hydrogen) atoms. The van der Waals surface area contributed by atoms with Gasteiger partial charge in [0, 0.05) is 31.8 Å². The molecule has 0 spiro atoms. The third kappa shape index (κ3) is 4.96. The summed E-state index contributed by atoms with van der Waals surface area (Å²) in [6, 6.07) is -0.127. The second-order valence-corrected chi connectivity index (χ2v) is 18.3. The van der Waals surface area contributed by atoms with E-state index in [1.807, 2.05) is 0 Å². The summed E-state index contributed by atoms with van der Waals surface area (Å²) in [5, 5.41) is 12.9. The molecule has 5 aliphatic carbocycles. The van der Waals surface area contributed by atoms with Crippen LogP contribution in [0.2, 0.25) is 0 Å². The third-order valence-corrected chi connectivity index (χ3v) is 14.5. The van der Waals surface area contributed by atoms with Crippen LogP contribution in [-0.2, 0) is 19.1 Å². The molecule has 258 valence electrons. The van der Waals surface area contributed by atoms with Crippen molar-refractivity contribution in [2.45, 2.75) is 138 Å². The molecule has 0 saturated heterocycles. The molecule has 4 fully saturated rings. The molecule has 8 nitrogen and oxygen atoms in total. The Morgan fingerprint density at radius 2 is 1.63 bits per heavy atom. The van der Waals surface area contributed by atoms with Gasteiger partial charge in [0.15, 0.2) is 0 Å². The predicted molar refractivity (Wildman–Crippen MR) is 178 cm³/mol. The first-order chi connectivity index (χ1) is 21.1. The number of nitrogens with zero attached hydrogens (tertiary/aromatic N) is 1. The van der Waals surface area contributed by atoms with Crippen molar-refractivity contribution in [2.75, 3.05) is 14.1 Å². The molecule has 2 amide bonds. The van der Waals surface area contributed by atoms with E-state index in [1.165, 1.54) is 11.1 Å². The fourth-order valence-corrected chi connectivity index (χ4v) is 11.8. The summed E-state index contributed by atoms with van der Waals surface area (Å²) in [6.45, 7) is 19.5. The summed E-state index contributed by atoms with van der Waals surface area (Å²) in [7, 11) is 3.53. The Kier molecular flexibility index (Phi) is 8.42. The largest absolute Gasteiger partial charge is 0.481 e. The molecule has 4 saturated carbocycles. The molecule has 2 N–H and O–H groups in total. The quantitative estimate of drug-likeness (QED) is 0.231. The first-order valence-electron chi connectivity index (χ1n) is 17.8. The highest BCUT2D eigenvalue weighted by atomic mass is 16.5. The topological polar surface area (TPSA) is 113 Å². The number of carboxylic acids is 1. The number of carboxylic acid groups (broad SMARTS) is 1. The monoisotopic (exact) mass is 640 g/mol. The zero-order valence-corrected chi connectivity index (χ0v) is 30.4. The zero-order chi connectivity index (χ0) is 34.4. The average Bonchev–Trinajstić information content (AvgIpc) is 3.22. The summed E-state index contributed by atoms with van der Waals surface area (Å²) in [5.41, 5.74) is 0.728. The van der Waals surface area contributed by atoms with Crippen LogP contribution < -0.4 is 5.32 Å². The molecule has 0 aromatic rings. The number of ether oxygens (including phenoxy) is 1. The molecule has 3 unspecified atom stereocenters. The number of carbonyl (C=O) groups excluding carboxylic acids is 3. The van der Waals surface area contributed by atoms with Gasteiger partial charge in [-0.3, -0.25) is 14.4 Å². The van der Waals surface area contributed by atoms with Crippen LogP contribution in [0, 0.1) is 50.7 Å². The molecule has 0 aliphatic heterocycles. The molecule has 8 heteroatoms. The van der Waals surface area contributed by atoms with Gasteiger partial charge in [-0.25, -0.2) is 4.79 Å². The van der Waals surface area contributed by atoms with Crippen molar-refractivity contribution in [3.8, 4) is 0 Å². The Labute approximate surface area is 276 Å². The predicted octanol–water partition coefficient (Wildman–Crippen LogP) is 7.40. The maximum atomic E-state index is 13.7. The average molecular weight is 641 g/mol.